The Labute approximate surface area is 333 Å². The Hall–Kier alpha value is -3.97. The van der Waals surface area contributed by atoms with Gasteiger partial charge in [-0.1, -0.05) is 90.6 Å². The molecule has 4 aromatic rings. The maximum Gasteiger partial charge on any atom is 0.320 e. The molecule has 0 aliphatic carbocycles. The summed E-state index contributed by atoms with van der Waals surface area (Å²) >= 11 is 1.74. The molecule has 0 bridgehead atoms. The molecule has 0 aromatic heterocycles. The van der Waals surface area contributed by atoms with Gasteiger partial charge in [0.25, 0.3) is 0 Å². The number of likely N-dealkylation sites (N-methyl/N-ethyl adjacent to an activating group) is 2. The van der Waals surface area contributed by atoms with Gasteiger partial charge in [0.15, 0.2) is 12.4 Å². The van der Waals surface area contributed by atoms with Gasteiger partial charge < -0.3 is 19.3 Å². The van der Waals surface area contributed by atoms with Crippen LogP contribution >= 0.6 is 11.8 Å². The van der Waals surface area contributed by atoms with Crippen molar-refractivity contribution in [1.82, 2.24) is 9.80 Å². The summed E-state index contributed by atoms with van der Waals surface area (Å²) in [5.74, 6) is 0.282. The molecule has 4 aromatic carbocycles. The fourth-order valence-corrected chi connectivity index (χ4v) is 9.15. The van der Waals surface area contributed by atoms with Gasteiger partial charge in [0.05, 0.1) is 18.8 Å². The summed E-state index contributed by atoms with van der Waals surface area (Å²) in [6.07, 6.45) is 6.07. The molecule has 55 heavy (non-hydrogen) atoms. The average molecular weight is 760 g/mol. The van der Waals surface area contributed by atoms with Crippen molar-refractivity contribution in [2.24, 2.45) is 0 Å². The molecule has 1 fully saturated rings. The topological polar surface area (TPSA) is 49.6 Å². The number of benzene rings is 4. The number of ether oxygens (including phenoxy) is 2. The molecule has 0 radical (unpaired) electrons. The molecule has 2 heterocycles. The molecular formula is C47H59N4O3S+. The minimum absolute atomic E-state index is 0.0975. The van der Waals surface area contributed by atoms with E-state index in [2.05, 4.69) is 146 Å². The van der Waals surface area contributed by atoms with Gasteiger partial charge in [-0.15, -0.1) is 11.8 Å². The fourth-order valence-electron chi connectivity index (χ4n) is 8.74. The second kappa shape index (κ2) is 18.8. The number of thioether (sulfide) groups is 1. The number of Topliss-reactive ketones (excluding diaryl/α,β-unsaturated/α-hetero) is 1. The minimum atomic E-state index is -0.799. The Morgan fingerprint density at radius 3 is 2.11 bits per heavy atom. The number of hydrogen-bond acceptors (Lipinski definition) is 7. The molecule has 0 N–H and O–H groups in total. The average Bonchev–Trinajstić information content (AvgIpc) is 3.24. The fraction of sp³-hybridized carbons (Fsp3) is 0.447. The first-order valence-corrected chi connectivity index (χ1v) is 21.0. The Balaban J connectivity index is 1.42. The molecule has 4 unspecified atom stereocenters. The number of carbonyl (C=O) groups is 1. The lowest BCUT2D eigenvalue weighted by Crippen LogP contribution is -2.55. The van der Waals surface area contributed by atoms with E-state index in [1.807, 2.05) is 24.3 Å². The van der Waals surface area contributed by atoms with Crippen LogP contribution in [-0.4, -0.2) is 101 Å². The number of ketones is 1. The van der Waals surface area contributed by atoms with Crippen LogP contribution < -0.4 is 4.90 Å². The summed E-state index contributed by atoms with van der Waals surface area (Å²) < 4.78 is 11.3. The quantitative estimate of drug-likeness (QED) is 0.0788. The van der Waals surface area contributed by atoms with E-state index in [1.54, 1.807) is 11.8 Å². The largest absolute Gasteiger partial charge is 0.378 e. The lowest BCUT2D eigenvalue weighted by atomic mass is 9.68. The summed E-state index contributed by atoms with van der Waals surface area (Å²) in [6, 6.07) is 39.9. The van der Waals surface area contributed by atoms with E-state index in [0.29, 0.717) is 31.6 Å². The Kier molecular flexibility index (Phi) is 13.9. The van der Waals surface area contributed by atoms with E-state index in [1.165, 1.54) is 21.7 Å². The van der Waals surface area contributed by atoms with Crippen molar-refractivity contribution >= 4 is 23.2 Å². The van der Waals surface area contributed by atoms with E-state index in [9.17, 15) is 0 Å². The number of morpholine rings is 1. The van der Waals surface area contributed by atoms with Crippen LogP contribution in [-0.2, 0) is 22.3 Å². The van der Waals surface area contributed by atoms with Gasteiger partial charge in [-0.2, -0.15) is 0 Å². The van der Waals surface area contributed by atoms with Crippen LogP contribution in [0.5, 0.6) is 0 Å². The van der Waals surface area contributed by atoms with E-state index < -0.39 is 5.54 Å². The molecule has 6 rings (SSSR count). The lowest BCUT2D eigenvalue weighted by Gasteiger charge is -2.48. The van der Waals surface area contributed by atoms with Gasteiger partial charge in [0.2, 0.25) is 0 Å². The zero-order valence-electron chi connectivity index (χ0n) is 33.7. The summed E-state index contributed by atoms with van der Waals surface area (Å²) in [5.41, 5.74) is 5.77. The number of carbonyl (C=O) groups excluding carboxylic acids is 1. The van der Waals surface area contributed by atoms with Crippen molar-refractivity contribution in [2.75, 3.05) is 78.9 Å². The molecule has 2 aliphatic rings. The Bertz CT molecular complexity index is 1880. The smallest absolute Gasteiger partial charge is 0.320 e. The normalized spacial score (nSPS) is 18.6. The first-order chi connectivity index (χ1) is 26.7. The number of rotatable bonds is 17. The molecule has 0 amide bonds. The second-order valence-corrected chi connectivity index (χ2v) is 16.4. The van der Waals surface area contributed by atoms with Crippen molar-refractivity contribution in [1.29, 1.82) is 0 Å². The van der Waals surface area contributed by atoms with Crippen LogP contribution in [0.25, 0.3) is 4.85 Å². The lowest BCUT2D eigenvalue weighted by molar-refractivity contribution is 0.0576. The monoisotopic (exact) mass is 759 g/mol. The van der Waals surface area contributed by atoms with Crippen molar-refractivity contribution in [2.45, 2.75) is 67.0 Å². The molecule has 0 saturated carbocycles. The van der Waals surface area contributed by atoms with E-state index in [-0.39, 0.29) is 23.3 Å². The van der Waals surface area contributed by atoms with Gasteiger partial charge in [0, 0.05) is 46.3 Å². The highest BCUT2D eigenvalue weighted by Gasteiger charge is 2.46. The summed E-state index contributed by atoms with van der Waals surface area (Å²) in [5, 5.41) is 0. The maximum atomic E-state index is 15.3. The van der Waals surface area contributed by atoms with Gasteiger partial charge in [-0.05, 0) is 108 Å². The molecule has 1 saturated heterocycles. The summed E-state index contributed by atoms with van der Waals surface area (Å²) in [6.45, 7) is 6.60. The maximum absolute atomic E-state index is 15.3. The highest BCUT2D eigenvalue weighted by atomic mass is 32.2. The highest BCUT2D eigenvalue weighted by molar-refractivity contribution is 7.98. The summed E-state index contributed by atoms with van der Waals surface area (Å²) in [7, 11) is 8.64. The molecule has 0 spiro atoms. The summed E-state index contributed by atoms with van der Waals surface area (Å²) in [4.78, 5) is 28.1. The molecular weight excluding hydrogens is 701 g/mol. The third-order valence-electron chi connectivity index (χ3n) is 12.2. The van der Waals surface area contributed by atoms with Crippen LogP contribution in [0.3, 0.4) is 0 Å². The second-order valence-electron chi connectivity index (χ2n) is 15.5. The van der Waals surface area contributed by atoms with Gasteiger partial charge in [-0.3, -0.25) is 9.69 Å². The highest BCUT2D eigenvalue weighted by Crippen LogP contribution is 2.44. The number of nitrogens with zero attached hydrogens (tertiary/aromatic N) is 4. The standard InChI is InChI=1S/C47H59N4O3S/c1-7-46(49(2)3,33-36-11-9-8-10-12-36)43(38-19-21-41(22-20-38)51-28-31-53-32-29-51)25-26-47(50(4)5,34-37-13-23-42(55-6)24-14-37)45(52)40-17-15-39(16-18-40)44-35-54-30-27-48-44/h8-24,43-44H,7,25-26,28-35H2,1-6H3/q+1. The van der Waals surface area contributed by atoms with Crippen molar-refractivity contribution in [3.8, 4) is 6.07 Å². The number of anilines is 1. The van der Waals surface area contributed by atoms with E-state index in [4.69, 9.17) is 9.47 Å². The van der Waals surface area contributed by atoms with Gasteiger partial charge >= 0.3 is 12.1 Å². The number of hydrogen-bond donors (Lipinski definition) is 0. The zero-order chi connectivity index (χ0) is 38.8. The van der Waals surface area contributed by atoms with Crippen LogP contribution in [0.1, 0.15) is 70.8 Å². The minimum Gasteiger partial charge on any atom is -0.378 e. The van der Waals surface area contributed by atoms with E-state index in [0.717, 1.165) is 56.7 Å². The van der Waals surface area contributed by atoms with Crippen LogP contribution in [0.2, 0.25) is 0 Å². The Morgan fingerprint density at radius 2 is 1.53 bits per heavy atom. The van der Waals surface area contributed by atoms with Crippen molar-refractivity contribution < 1.29 is 14.3 Å². The predicted octanol–water partition coefficient (Wildman–Crippen LogP) is 8.89. The third kappa shape index (κ3) is 9.36. The van der Waals surface area contributed by atoms with Crippen LogP contribution in [0, 0.1) is 6.07 Å². The molecule has 4 atom stereocenters. The van der Waals surface area contributed by atoms with Crippen LogP contribution in [0.4, 0.5) is 5.69 Å². The predicted molar refractivity (Wildman–Crippen MR) is 228 cm³/mol. The van der Waals surface area contributed by atoms with Gasteiger partial charge in [-0.25, -0.2) is 0 Å². The Morgan fingerprint density at radius 1 is 0.855 bits per heavy atom. The molecule has 8 heteroatoms. The molecule has 2 aliphatic heterocycles. The SMILES string of the molecule is CCC(Cc1ccccc1)(C(CCC(Cc1ccc(SC)cc1)(C(=O)c1ccc(C2COCC#[N+]2)cc1)N(C)C)c1ccc(N2CCOCC2)cc1)N(C)C. The zero-order valence-corrected chi connectivity index (χ0v) is 34.5. The van der Waals surface area contributed by atoms with Gasteiger partial charge in [0.1, 0.15) is 6.61 Å². The molecule has 7 nitrogen and oxygen atoms in total. The molecule has 290 valence electrons. The van der Waals surface area contributed by atoms with Crippen molar-refractivity contribution in [3.63, 3.8) is 0 Å². The van der Waals surface area contributed by atoms with E-state index >= 15 is 4.79 Å². The first-order valence-electron chi connectivity index (χ1n) is 19.8. The van der Waals surface area contributed by atoms with Crippen molar-refractivity contribution in [3.05, 3.63) is 136 Å². The first kappa shape index (κ1) is 40.7. The third-order valence-corrected chi connectivity index (χ3v) is 12.9. The van der Waals surface area contributed by atoms with Crippen LogP contribution in [0.15, 0.2) is 108 Å².